The van der Waals surface area contributed by atoms with Crippen molar-refractivity contribution in [2.75, 3.05) is 4.90 Å². The third-order valence-electron chi connectivity index (χ3n) is 6.15. The number of allylic oxidation sites excluding steroid dienone is 1. The molecule has 4 aromatic rings. The summed E-state index contributed by atoms with van der Waals surface area (Å²) in [7, 11) is 0. The molecule has 0 fully saturated rings. The number of aliphatic imine (C=N–C) groups is 1. The summed E-state index contributed by atoms with van der Waals surface area (Å²) in [5, 5.41) is 1.41. The van der Waals surface area contributed by atoms with Gasteiger partial charge in [-0.05, 0) is 67.9 Å². The molecule has 1 heterocycles. The number of rotatable bonds is 4. The molecule has 3 nitrogen and oxygen atoms in total. The minimum absolute atomic E-state index is 0.122. The summed E-state index contributed by atoms with van der Waals surface area (Å²) in [5.74, 6) is 0.885. The molecule has 0 aromatic heterocycles. The first-order valence-electron chi connectivity index (χ1n) is 11.5. The molecule has 0 saturated carbocycles. The molecule has 5 heteroatoms. The van der Waals surface area contributed by atoms with Crippen molar-refractivity contribution in [2.45, 2.75) is 20.0 Å². The third kappa shape index (κ3) is 4.70. The standard InChI is InChI=1S/C30H25Cl2N3/c1-21-29(23-9-5-3-6-10-23)35(22(2)33-27-17-13-25(31)14-18-27)30(24-11-7-4-8-12-24)34(21)28-19-15-26(32)16-20-28/h3-20,30H,1-2H3. The van der Waals surface area contributed by atoms with Gasteiger partial charge >= 0.3 is 0 Å². The highest BCUT2D eigenvalue weighted by molar-refractivity contribution is 6.30. The quantitative estimate of drug-likeness (QED) is 0.207. The predicted molar refractivity (Wildman–Crippen MR) is 148 cm³/mol. The monoisotopic (exact) mass is 497 g/mol. The SMILES string of the molecule is CC(=Nc1ccc(Cl)cc1)N1C(c2ccccc2)=C(C)N(c2ccc(Cl)cc2)C1c1ccccc1. The molecule has 1 atom stereocenters. The van der Waals surface area contributed by atoms with Crippen LogP contribution in [0.2, 0.25) is 10.0 Å². The number of nitrogens with zero attached hydrogens (tertiary/aromatic N) is 3. The van der Waals surface area contributed by atoms with Crippen LogP contribution in [0.1, 0.15) is 31.1 Å². The molecule has 1 aliphatic rings. The Kier molecular flexibility index (Phi) is 6.63. The van der Waals surface area contributed by atoms with E-state index in [1.54, 1.807) is 0 Å². The lowest BCUT2D eigenvalue weighted by Gasteiger charge is -2.35. The summed E-state index contributed by atoms with van der Waals surface area (Å²) >= 11 is 12.4. The van der Waals surface area contributed by atoms with E-state index in [0.717, 1.165) is 34.2 Å². The fourth-order valence-electron chi connectivity index (χ4n) is 4.61. The number of hydrogen-bond acceptors (Lipinski definition) is 2. The van der Waals surface area contributed by atoms with Crippen LogP contribution in [-0.2, 0) is 0 Å². The summed E-state index contributed by atoms with van der Waals surface area (Å²) in [5.41, 5.74) is 6.47. The van der Waals surface area contributed by atoms with Gasteiger partial charge in [0, 0.05) is 27.0 Å². The Morgan fingerprint density at radius 2 is 1.26 bits per heavy atom. The summed E-state index contributed by atoms with van der Waals surface area (Å²) < 4.78 is 0. The molecule has 0 amide bonds. The van der Waals surface area contributed by atoms with Gasteiger partial charge in [0.25, 0.3) is 0 Å². The van der Waals surface area contributed by atoms with Crippen LogP contribution < -0.4 is 4.90 Å². The maximum atomic E-state index is 6.24. The van der Waals surface area contributed by atoms with Gasteiger partial charge < -0.3 is 9.80 Å². The van der Waals surface area contributed by atoms with Crippen LogP contribution in [0, 0.1) is 0 Å². The third-order valence-corrected chi connectivity index (χ3v) is 6.65. The van der Waals surface area contributed by atoms with Crippen molar-refractivity contribution < 1.29 is 0 Å². The Bertz CT molecular complexity index is 1360. The Balaban J connectivity index is 1.73. The summed E-state index contributed by atoms with van der Waals surface area (Å²) in [6, 6.07) is 36.6. The van der Waals surface area contributed by atoms with Gasteiger partial charge in [0.05, 0.1) is 11.4 Å². The van der Waals surface area contributed by atoms with E-state index in [9.17, 15) is 0 Å². The van der Waals surface area contributed by atoms with Crippen LogP contribution in [-0.4, -0.2) is 10.7 Å². The van der Waals surface area contributed by atoms with E-state index in [2.05, 4.69) is 84.3 Å². The molecule has 5 rings (SSSR count). The van der Waals surface area contributed by atoms with E-state index < -0.39 is 0 Å². The summed E-state index contributed by atoms with van der Waals surface area (Å²) in [4.78, 5) is 9.69. The molecule has 0 aliphatic carbocycles. The highest BCUT2D eigenvalue weighted by Gasteiger charge is 2.40. The number of halogens is 2. The minimum Gasteiger partial charge on any atom is -0.318 e. The second-order valence-electron chi connectivity index (χ2n) is 8.44. The smallest absolute Gasteiger partial charge is 0.138 e. The minimum atomic E-state index is -0.122. The molecular formula is C30H25Cl2N3. The summed E-state index contributed by atoms with van der Waals surface area (Å²) in [6.45, 7) is 4.23. The van der Waals surface area contributed by atoms with Crippen LogP contribution in [0.5, 0.6) is 0 Å². The molecular weight excluding hydrogens is 473 g/mol. The van der Waals surface area contributed by atoms with Crippen molar-refractivity contribution in [3.63, 3.8) is 0 Å². The van der Waals surface area contributed by atoms with Gasteiger partial charge in [0.1, 0.15) is 12.0 Å². The Morgan fingerprint density at radius 3 is 1.86 bits per heavy atom. The lowest BCUT2D eigenvalue weighted by Crippen LogP contribution is -2.35. The lowest BCUT2D eigenvalue weighted by molar-refractivity contribution is 0.458. The molecule has 1 unspecified atom stereocenters. The van der Waals surface area contributed by atoms with Gasteiger partial charge in [-0.1, -0.05) is 83.9 Å². The molecule has 0 N–H and O–H groups in total. The Labute approximate surface area is 216 Å². The van der Waals surface area contributed by atoms with Gasteiger partial charge in [-0.2, -0.15) is 0 Å². The highest BCUT2D eigenvalue weighted by Crippen LogP contribution is 2.46. The average molecular weight is 498 g/mol. The van der Waals surface area contributed by atoms with Gasteiger partial charge in [-0.15, -0.1) is 0 Å². The first-order valence-corrected chi connectivity index (χ1v) is 12.2. The first kappa shape index (κ1) is 23.2. The Morgan fingerprint density at radius 1 is 0.714 bits per heavy atom. The number of anilines is 1. The van der Waals surface area contributed by atoms with Gasteiger partial charge in [-0.25, -0.2) is 4.99 Å². The van der Waals surface area contributed by atoms with E-state index in [-0.39, 0.29) is 6.17 Å². The molecule has 0 saturated heterocycles. The number of amidine groups is 1. The van der Waals surface area contributed by atoms with Crippen LogP contribution in [0.4, 0.5) is 11.4 Å². The zero-order chi connectivity index (χ0) is 24.4. The molecule has 0 radical (unpaired) electrons. The zero-order valence-corrected chi connectivity index (χ0v) is 21.1. The fourth-order valence-corrected chi connectivity index (χ4v) is 4.86. The van der Waals surface area contributed by atoms with Crippen LogP contribution in [0.3, 0.4) is 0 Å². The molecule has 0 spiro atoms. The lowest BCUT2D eigenvalue weighted by atomic mass is 10.1. The maximum Gasteiger partial charge on any atom is 0.138 e. The molecule has 1 aliphatic heterocycles. The van der Waals surface area contributed by atoms with E-state index in [4.69, 9.17) is 28.2 Å². The van der Waals surface area contributed by atoms with Crippen LogP contribution in [0.15, 0.2) is 120 Å². The maximum absolute atomic E-state index is 6.24. The fraction of sp³-hybridized carbons (Fsp3) is 0.100. The highest BCUT2D eigenvalue weighted by atomic mass is 35.5. The van der Waals surface area contributed by atoms with Gasteiger partial charge in [0.15, 0.2) is 0 Å². The largest absolute Gasteiger partial charge is 0.318 e. The normalized spacial score (nSPS) is 16.2. The van der Waals surface area contributed by atoms with Crippen molar-refractivity contribution in [3.8, 4) is 0 Å². The van der Waals surface area contributed by atoms with Crippen molar-refractivity contribution in [2.24, 2.45) is 4.99 Å². The van der Waals surface area contributed by atoms with Crippen molar-refractivity contribution in [3.05, 3.63) is 136 Å². The molecule has 4 aromatic carbocycles. The van der Waals surface area contributed by atoms with Crippen molar-refractivity contribution >= 4 is 46.1 Å². The zero-order valence-electron chi connectivity index (χ0n) is 19.6. The first-order chi connectivity index (χ1) is 17.0. The number of benzene rings is 4. The molecule has 35 heavy (non-hydrogen) atoms. The van der Waals surface area contributed by atoms with E-state index in [0.29, 0.717) is 10.0 Å². The molecule has 174 valence electrons. The van der Waals surface area contributed by atoms with E-state index in [1.165, 1.54) is 5.56 Å². The van der Waals surface area contributed by atoms with Gasteiger partial charge in [-0.3, -0.25) is 0 Å². The van der Waals surface area contributed by atoms with E-state index in [1.807, 2.05) is 48.5 Å². The van der Waals surface area contributed by atoms with Gasteiger partial charge in [0.2, 0.25) is 0 Å². The molecule has 0 bridgehead atoms. The average Bonchev–Trinajstić information content (AvgIpc) is 3.20. The Hall–Kier alpha value is -3.53. The topological polar surface area (TPSA) is 18.8 Å². The van der Waals surface area contributed by atoms with Crippen molar-refractivity contribution in [1.29, 1.82) is 0 Å². The summed E-state index contributed by atoms with van der Waals surface area (Å²) in [6.07, 6.45) is -0.122. The van der Waals surface area contributed by atoms with E-state index >= 15 is 0 Å². The van der Waals surface area contributed by atoms with Crippen molar-refractivity contribution in [1.82, 2.24) is 4.90 Å². The van der Waals surface area contributed by atoms with Crippen LogP contribution in [0.25, 0.3) is 5.70 Å². The second kappa shape index (κ2) is 9.99. The number of hydrogen-bond donors (Lipinski definition) is 0. The predicted octanol–water partition coefficient (Wildman–Crippen LogP) is 8.95. The van der Waals surface area contributed by atoms with Crippen LogP contribution >= 0.6 is 23.2 Å². The second-order valence-corrected chi connectivity index (χ2v) is 9.31.